The molecule has 7 heteroatoms. The van der Waals surface area contributed by atoms with Gasteiger partial charge in [-0.15, -0.1) is 0 Å². The Balaban J connectivity index is 1.28. The van der Waals surface area contributed by atoms with E-state index in [1.807, 2.05) is 12.4 Å². The predicted octanol–water partition coefficient (Wildman–Crippen LogP) is 1.60. The van der Waals surface area contributed by atoms with Crippen molar-refractivity contribution in [2.75, 3.05) is 50.8 Å². The molecule has 2 aromatic rings. The van der Waals surface area contributed by atoms with Crippen LogP contribution in [0.2, 0.25) is 0 Å². The molecule has 0 radical (unpaired) electrons. The molecule has 1 unspecified atom stereocenters. The van der Waals surface area contributed by atoms with Gasteiger partial charge >= 0.3 is 0 Å². The van der Waals surface area contributed by atoms with Gasteiger partial charge in [-0.25, -0.2) is 4.98 Å². The number of hydrogen-bond donors (Lipinski definition) is 1. The number of nitrogens with zero attached hydrogens (tertiary/aromatic N) is 4. The second kappa shape index (κ2) is 8.75. The standard InChI is InChI=1S/C21H29N5O2/c1-17-4-6-18(7-5-17)26-9-8-22-21(26)25-12-10-24(11-13-25)16-20(27)23-15-19-3-2-14-28-19/h4-9,19H,2-3,10-16H2,1H3,(H,23,27). The largest absolute Gasteiger partial charge is 0.376 e. The Kier molecular flexibility index (Phi) is 5.92. The van der Waals surface area contributed by atoms with Crippen molar-refractivity contribution >= 4 is 11.9 Å². The summed E-state index contributed by atoms with van der Waals surface area (Å²) in [5.41, 5.74) is 2.37. The molecule has 1 aromatic carbocycles. The van der Waals surface area contributed by atoms with Crippen LogP contribution in [-0.2, 0) is 9.53 Å². The molecule has 1 amide bonds. The lowest BCUT2D eigenvalue weighted by Gasteiger charge is -2.35. The molecule has 2 fully saturated rings. The van der Waals surface area contributed by atoms with Crippen LogP contribution in [0.3, 0.4) is 0 Å². The van der Waals surface area contributed by atoms with Crippen LogP contribution in [-0.4, -0.2) is 72.3 Å². The number of carbonyl (C=O) groups is 1. The van der Waals surface area contributed by atoms with Crippen molar-refractivity contribution in [3.8, 4) is 5.69 Å². The molecule has 3 heterocycles. The third-order valence-electron chi connectivity index (χ3n) is 5.51. The number of amides is 1. The van der Waals surface area contributed by atoms with Crippen LogP contribution in [0.4, 0.5) is 5.95 Å². The highest BCUT2D eigenvalue weighted by atomic mass is 16.5. The van der Waals surface area contributed by atoms with Crippen LogP contribution in [0.1, 0.15) is 18.4 Å². The summed E-state index contributed by atoms with van der Waals surface area (Å²) in [6, 6.07) is 8.48. The molecule has 2 saturated heterocycles. The van der Waals surface area contributed by atoms with E-state index in [-0.39, 0.29) is 12.0 Å². The maximum Gasteiger partial charge on any atom is 0.234 e. The van der Waals surface area contributed by atoms with Gasteiger partial charge in [-0.3, -0.25) is 14.3 Å². The Morgan fingerprint density at radius 2 is 2.00 bits per heavy atom. The van der Waals surface area contributed by atoms with Crippen LogP contribution in [0, 0.1) is 6.92 Å². The van der Waals surface area contributed by atoms with Crippen LogP contribution in [0.25, 0.3) is 5.69 Å². The lowest BCUT2D eigenvalue weighted by molar-refractivity contribution is -0.122. The van der Waals surface area contributed by atoms with Crippen LogP contribution in [0.15, 0.2) is 36.7 Å². The minimum atomic E-state index is 0.0881. The summed E-state index contributed by atoms with van der Waals surface area (Å²) in [5.74, 6) is 1.05. The topological polar surface area (TPSA) is 62.6 Å². The molecule has 1 aromatic heterocycles. The fourth-order valence-corrected chi connectivity index (χ4v) is 3.83. The Morgan fingerprint density at radius 3 is 2.71 bits per heavy atom. The minimum absolute atomic E-state index is 0.0881. The summed E-state index contributed by atoms with van der Waals surface area (Å²) in [4.78, 5) is 21.3. The molecule has 0 aliphatic carbocycles. The molecule has 1 atom stereocenters. The summed E-state index contributed by atoms with van der Waals surface area (Å²) in [6.07, 6.45) is 6.19. The molecular weight excluding hydrogens is 354 g/mol. The predicted molar refractivity (Wildman–Crippen MR) is 109 cm³/mol. The summed E-state index contributed by atoms with van der Waals surface area (Å²) in [7, 11) is 0. The van der Waals surface area contributed by atoms with E-state index in [2.05, 4.69) is 55.9 Å². The van der Waals surface area contributed by atoms with Crippen LogP contribution >= 0.6 is 0 Å². The Bertz CT molecular complexity index is 774. The number of nitrogens with one attached hydrogen (secondary N) is 1. The average molecular weight is 383 g/mol. The summed E-state index contributed by atoms with van der Waals surface area (Å²) in [6.45, 7) is 7.43. The quantitative estimate of drug-likeness (QED) is 0.821. The van der Waals surface area contributed by atoms with Gasteiger partial charge in [0.15, 0.2) is 0 Å². The minimum Gasteiger partial charge on any atom is -0.376 e. The second-order valence-electron chi connectivity index (χ2n) is 7.64. The molecule has 0 spiro atoms. The van der Waals surface area contributed by atoms with Gasteiger partial charge in [0, 0.05) is 57.4 Å². The van der Waals surface area contributed by atoms with E-state index in [4.69, 9.17) is 4.74 Å². The van der Waals surface area contributed by atoms with Crippen molar-refractivity contribution in [1.29, 1.82) is 0 Å². The number of aromatic nitrogens is 2. The lowest BCUT2D eigenvalue weighted by atomic mass is 10.2. The molecular formula is C21H29N5O2. The Morgan fingerprint density at radius 1 is 1.21 bits per heavy atom. The molecule has 2 aliphatic heterocycles. The SMILES string of the molecule is Cc1ccc(-n2ccnc2N2CCN(CC(=O)NCC3CCCO3)CC2)cc1. The normalized spacial score (nSPS) is 20.5. The number of imidazole rings is 1. The molecule has 7 nitrogen and oxygen atoms in total. The fraction of sp³-hybridized carbons (Fsp3) is 0.524. The highest BCUT2D eigenvalue weighted by Crippen LogP contribution is 2.20. The van der Waals surface area contributed by atoms with Crippen molar-refractivity contribution in [3.63, 3.8) is 0 Å². The van der Waals surface area contributed by atoms with E-state index in [1.54, 1.807) is 0 Å². The van der Waals surface area contributed by atoms with Crippen molar-refractivity contribution in [2.24, 2.45) is 0 Å². The third-order valence-corrected chi connectivity index (χ3v) is 5.51. The lowest BCUT2D eigenvalue weighted by Crippen LogP contribution is -2.50. The Labute approximate surface area is 166 Å². The molecule has 1 N–H and O–H groups in total. The zero-order chi connectivity index (χ0) is 19.3. The molecule has 0 bridgehead atoms. The number of ether oxygens (including phenoxy) is 1. The van der Waals surface area contributed by atoms with Gasteiger partial charge in [-0.2, -0.15) is 0 Å². The van der Waals surface area contributed by atoms with E-state index in [0.717, 1.165) is 57.3 Å². The number of anilines is 1. The molecule has 2 aliphatic rings. The molecule has 28 heavy (non-hydrogen) atoms. The van der Waals surface area contributed by atoms with Gasteiger partial charge in [-0.05, 0) is 31.9 Å². The summed E-state index contributed by atoms with van der Waals surface area (Å²) < 4.78 is 7.69. The zero-order valence-electron chi connectivity index (χ0n) is 16.5. The van der Waals surface area contributed by atoms with E-state index in [0.29, 0.717) is 13.1 Å². The monoisotopic (exact) mass is 383 g/mol. The number of carbonyl (C=O) groups excluding carboxylic acids is 1. The van der Waals surface area contributed by atoms with Gasteiger partial charge in [0.2, 0.25) is 11.9 Å². The smallest absolute Gasteiger partial charge is 0.234 e. The van der Waals surface area contributed by atoms with Crippen LogP contribution in [0.5, 0.6) is 0 Å². The van der Waals surface area contributed by atoms with Gasteiger partial charge in [0.05, 0.1) is 12.6 Å². The third kappa shape index (κ3) is 4.54. The van der Waals surface area contributed by atoms with Crippen molar-refractivity contribution in [1.82, 2.24) is 19.8 Å². The van der Waals surface area contributed by atoms with Gasteiger partial charge in [0.25, 0.3) is 0 Å². The zero-order valence-corrected chi connectivity index (χ0v) is 16.5. The van der Waals surface area contributed by atoms with E-state index in [9.17, 15) is 4.79 Å². The highest BCUT2D eigenvalue weighted by molar-refractivity contribution is 5.78. The fourth-order valence-electron chi connectivity index (χ4n) is 3.83. The summed E-state index contributed by atoms with van der Waals surface area (Å²) in [5, 5.41) is 3.01. The van der Waals surface area contributed by atoms with Crippen molar-refractivity contribution in [3.05, 3.63) is 42.2 Å². The van der Waals surface area contributed by atoms with Crippen molar-refractivity contribution in [2.45, 2.75) is 25.9 Å². The van der Waals surface area contributed by atoms with E-state index >= 15 is 0 Å². The first-order chi connectivity index (χ1) is 13.7. The molecule has 0 saturated carbocycles. The number of hydrogen-bond acceptors (Lipinski definition) is 5. The highest BCUT2D eigenvalue weighted by Gasteiger charge is 2.23. The molecule has 4 rings (SSSR count). The summed E-state index contributed by atoms with van der Waals surface area (Å²) >= 11 is 0. The number of benzene rings is 1. The average Bonchev–Trinajstić information content (AvgIpc) is 3.40. The van der Waals surface area contributed by atoms with Gasteiger partial charge < -0.3 is 15.0 Å². The number of rotatable bonds is 6. The Hall–Kier alpha value is -2.38. The first kappa shape index (κ1) is 19.0. The first-order valence-electron chi connectivity index (χ1n) is 10.1. The number of aryl methyl sites for hydroxylation is 1. The maximum absolute atomic E-state index is 12.2. The molecule has 150 valence electrons. The van der Waals surface area contributed by atoms with E-state index < -0.39 is 0 Å². The number of piperazine rings is 1. The first-order valence-corrected chi connectivity index (χ1v) is 10.1. The van der Waals surface area contributed by atoms with Crippen molar-refractivity contribution < 1.29 is 9.53 Å². The maximum atomic E-state index is 12.2. The second-order valence-corrected chi connectivity index (χ2v) is 7.64. The van der Waals surface area contributed by atoms with E-state index in [1.165, 1.54) is 5.56 Å². The van der Waals surface area contributed by atoms with Gasteiger partial charge in [-0.1, -0.05) is 17.7 Å². The van der Waals surface area contributed by atoms with Crippen LogP contribution < -0.4 is 10.2 Å². The van der Waals surface area contributed by atoms with Gasteiger partial charge in [0.1, 0.15) is 0 Å².